The maximum absolute atomic E-state index is 13.2. The van der Waals surface area contributed by atoms with Gasteiger partial charge in [0, 0.05) is 23.4 Å². The van der Waals surface area contributed by atoms with Gasteiger partial charge in [-0.15, -0.1) is 0 Å². The second-order valence-electron chi connectivity index (χ2n) is 6.93. The first-order chi connectivity index (χ1) is 13.9. The zero-order valence-corrected chi connectivity index (χ0v) is 16.6. The number of fused-ring (bicyclic) bond motifs is 3. The van der Waals surface area contributed by atoms with E-state index in [1.54, 1.807) is 42.1 Å². The molecule has 4 rings (SSSR count). The van der Waals surface area contributed by atoms with Crippen molar-refractivity contribution in [2.45, 2.75) is 6.92 Å². The maximum Gasteiger partial charge on any atom is 0.208 e. The molecular weight excluding hydrogens is 386 g/mol. The van der Waals surface area contributed by atoms with Crippen LogP contribution in [0, 0.1) is 24.2 Å². The van der Waals surface area contributed by atoms with Gasteiger partial charge in [-0.05, 0) is 30.5 Å². The quantitative estimate of drug-likeness (QED) is 0.360. The molecule has 5 nitrogen and oxygen atoms in total. The fraction of sp³-hybridized carbons (Fsp3) is 0.130. The normalized spacial score (nSPS) is 12.1. The van der Waals surface area contributed by atoms with Gasteiger partial charge in [-0.1, -0.05) is 53.6 Å². The fourth-order valence-corrected chi connectivity index (χ4v) is 3.89. The zero-order valence-electron chi connectivity index (χ0n) is 15.8. The summed E-state index contributed by atoms with van der Waals surface area (Å²) < 4.78 is 1.57. The summed E-state index contributed by atoms with van der Waals surface area (Å²) in [6.07, 6.45) is 0. The second-order valence-corrected chi connectivity index (χ2v) is 7.34. The minimum Gasteiger partial charge on any atom is -0.292 e. The largest absolute Gasteiger partial charge is 0.292 e. The third kappa shape index (κ3) is 3.08. The molecule has 0 aliphatic rings. The molecule has 0 saturated heterocycles. The molecule has 1 unspecified atom stereocenters. The number of nitrogens with zero attached hydrogens (tertiary/aromatic N) is 3. The molecule has 0 N–H and O–H groups in total. The van der Waals surface area contributed by atoms with E-state index in [2.05, 4.69) is 5.10 Å². The van der Waals surface area contributed by atoms with E-state index < -0.39 is 17.5 Å². The van der Waals surface area contributed by atoms with E-state index in [9.17, 15) is 14.9 Å². The topological polar surface area (TPSA) is 75.8 Å². The molecule has 0 bridgehead atoms. The smallest absolute Gasteiger partial charge is 0.208 e. The third-order valence-electron chi connectivity index (χ3n) is 4.99. The van der Waals surface area contributed by atoms with Crippen LogP contribution in [0.1, 0.15) is 26.4 Å². The van der Waals surface area contributed by atoms with Crippen LogP contribution in [0.4, 0.5) is 0 Å². The van der Waals surface area contributed by atoms with Crippen molar-refractivity contribution in [1.29, 1.82) is 5.26 Å². The molecular formula is C23H16ClN3O2. The summed E-state index contributed by atoms with van der Waals surface area (Å²) in [7, 11) is 1.71. The lowest BCUT2D eigenvalue weighted by Gasteiger charge is -2.07. The molecule has 0 aliphatic carbocycles. The average molecular weight is 402 g/mol. The highest BCUT2D eigenvalue weighted by Gasteiger charge is 2.32. The van der Waals surface area contributed by atoms with E-state index in [4.69, 9.17) is 11.6 Å². The standard InChI is InChI=1S/C23H16ClN3O2/c1-13-5-3-7-15(11-13)22(28)17(12-25)23(29)20-16-10-9-14-6-4-8-18(24)19(14)21(16)27(2)26-20/h3-11,17H,1-2H3. The number of hydrogen-bond donors (Lipinski definition) is 0. The Balaban J connectivity index is 1.86. The number of hydrogen-bond acceptors (Lipinski definition) is 4. The van der Waals surface area contributed by atoms with Crippen molar-refractivity contribution in [1.82, 2.24) is 9.78 Å². The summed E-state index contributed by atoms with van der Waals surface area (Å²) in [6.45, 7) is 1.85. The highest BCUT2D eigenvalue weighted by atomic mass is 35.5. The van der Waals surface area contributed by atoms with E-state index in [0.29, 0.717) is 21.5 Å². The van der Waals surface area contributed by atoms with Crippen molar-refractivity contribution < 1.29 is 9.59 Å². The lowest BCUT2D eigenvalue weighted by molar-refractivity contribution is 0.0843. The summed E-state index contributed by atoms with van der Waals surface area (Å²) >= 11 is 6.40. The molecule has 1 heterocycles. The zero-order chi connectivity index (χ0) is 20.7. The van der Waals surface area contributed by atoms with E-state index in [-0.39, 0.29) is 5.69 Å². The van der Waals surface area contributed by atoms with Crippen molar-refractivity contribution in [3.05, 3.63) is 76.4 Å². The van der Waals surface area contributed by atoms with Crippen LogP contribution in [0.25, 0.3) is 21.7 Å². The molecule has 142 valence electrons. The van der Waals surface area contributed by atoms with Crippen LogP contribution in [-0.2, 0) is 7.05 Å². The van der Waals surface area contributed by atoms with Crippen molar-refractivity contribution in [3.8, 4) is 6.07 Å². The number of carbonyl (C=O) groups excluding carboxylic acids is 2. The number of aromatic nitrogens is 2. The monoisotopic (exact) mass is 401 g/mol. The van der Waals surface area contributed by atoms with Crippen LogP contribution in [-0.4, -0.2) is 21.3 Å². The Labute approximate surface area is 172 Å². The van der Waals surface area contributed by atoms with Gasteiger partial charge < -0.3 is 0 Å². The van der Waals surface area contributed by atoms with Gasteiger partial charge in [0.15, 0.2) is 11.7 Å². The Kier molecular flexibility index (Phi) is 4.65. The number of nitriles is 1. The Morgan fingerprint density at radius 1 is 1.10 bits per heavy atom. The van der Waals surface area contributed by atoms with Gasteiger partial charge in [0.2, 0.25) is 5.78 Å². The second kappa shape index (κ2) is 7.16. The van der Waals surface area contributed by atoms with E-state index >= 15 is 0 Å². The molecule has 29 heavy (non-hydrogen) atoms. The minimum atomic E-state index is -1.46. The van der Waals surface area contributed by atoms with E-state index in [1.165, 1.54) is 0 Å². The summed E-state index contributed by atoms with van der Waals surface area (Å²) in [5, 5.41) is 16.8. The predicted octanol–water partition coefficient (Wildman–Crippen LogP) is 4.89. The molecule has 1 aromatic heterocycles. The number of benzene rings is 3. The van der Waals surface area contributed by atoms with Crippen molar-refractivity contribution in [2.24, 2.45) is 13.0 Å². The van der Waals surface area contributed by atoms with Gasteiger partial charge in [0.25, 0.3) is 0 Å². The molecule has 0 fully saturated rings. The molecule has 0 radical (unpaired) electrons. The molecule has 0 amide bonds. The first-order valence-corrected chi connectivity index (χ1v) is 9.39. The Hall–Kier alpha value is -3.49. The highest BCUT2D eigenvalue weighted by Crippen LogP contribution is 2.33. The molecule has 4 aromatic rings. The number of rotatable bonds is 4. The van der Waals surface area contributed by atoms with E-state index in [0.717, 1.165) is 16.3 Å². The summed E-state index contributed by atoms with van der Waals surface area (Å²) in [5.74, 6) is -2.60. The number of carbonyl (C=O) groups is 2. The highest BCUT2D eigenvalue weighted by molar-refractivity contribution is 6.38. The van der Waals surface area contributed by atoms with Crippen LogP contribution in [0.2, 0.25) is 5.02 Å². The van der Waals surface area contributed by atoms with Crippen LogP contribution >= 0.6 is 11.6 Å². The van der Waals surface area contributed by atoms with Gasteiger partial charge in [0.1, 0.15) is 5.69 Å². The minimum absolute atomic E-state index is 0.0943. The molecule has 0 aliphatic heterocycles. The lowest BCUT2D eigenvalue weighted by atomic mass is 9.91. The number of halogens is 1. The van der Waals surface area contributed by atoms with Gasteiger partial charge in [0.05, 0.1) is 16.6 Å². The average Bonchev–Trinajstić information content (AvgIpc) is 3.05. The van der Waals surface area contributed by atoms with Crippen molar-refractivity contribution >= 4 is 44.8 Å². The van der Waals surface area contributed by atoms with Crippen LogP contribution in [0.15, 0.2) is 54.6 Å². The summed E-state index contributed by atoms with van der Waals surface area (Å²) in [4.78, 5) is 26.0. The third-order valence-corrected chi connectivity index (χ3v) is 5.30. The number of ketones is 2. The van der Waals surface area contributed by atoms with Crippen molar-refractivity contribution in [3.63, 3.8) is 0 Å². The SMILES string of the molecule is Cc1cccc(C(=O)C(C#N)C(=O)c2nn(C)c3c2ccc2cccc(Cl)c23)c1. The number of Topliss-reactive ketones (excluding diaryl/α,β-unsaturated/α-hetero) is 2. The summed E-state index contributed by atoms with van der Waals surface area (Å²) in [5.41, 5.74) is 2.00. The molecule has 1 atom stereocenters. The maximum atomic E-state index is 13.2. The van der Waals surface area contributed by atoms with Crippen molar-refractivity contribution in [2.75, 3.05) is 0 Å². The Morgan fingerprint density at radius 2 is 1.86 bits per heavy atom. The first kappa shape index (κ1) is 18.9. The molecule has 3 aromatic carbocycles. The lowest BCUT2D eigenvalue weighted by Crippen LogP contribution is -2.23. The molecule has 0 saturated carbocycles. The van der Waals surface area contributed by atoms with Gasteiger partial charge in [-0.2, -0.15) is 10.4 Å². The predicted molar refractivity (Wildman–Crippen MR) is 112 cm³/mol. The van der Waals surface area contributed by atoms with Gasteiger partial charge in [-0.3, -0.25) is 14.3 Å². The first-order valence-electron chi connectivity index (χ1n) is 9.01. The summed E-state index contributed by atoms with van der Waals surface area (Å²) in [6, 6.07) is 17.9. The van der Waals surface area contributed by atoms with Crippen LogP contribution in [0.3, 0.4) is 0 Å². The Morgan fingerprint density at radius 3 is 2.59 bits per heavy atom. The Bertz CT molecular complexity index is 1350. The molecule has 6 heteroatoms. The van der Waals surface area contributed by atoms with Gasteiger partial charge >= 0.3 is 0 Å². The van der Waals surface area contributed by atoms with Crippen LogP contribution in [0.5, 0.6) is 0 Å². The molecule has 0 spiro atoms. The van der Waals surface area contributed by atoms with E-state index in [1.807, 2.05) is 37.3 Å². The van der Waals surface area contributed by atoms with Crippen LogP contribution < -0.4 is 0 Å². The fourth-order valence-electron chi connectivity index (χ4n) is 3.62. The number of aryl methyl sites for hydroxylation is 2. The van der Waals surface area contributed by atoms with Gasteiger partial charge in [-0.25, -0.2) is 0 Å².